The molecule has 1 saturated heterocycles. The van der Waals surface area contributed by atoms with Gasteiger partial charge in [0.15, 0.2) is 5.78 Å². The highest BCUT2D eigenvalue weighted by Gasteiger charge is 2.33. The Morgan fingerprint density at radius 1 is 1.05 bits per heavy atom. The number of carbonyl (C=O) groups excluding carboxylic acids is 2. The summed E-state index contributed by atoms with van der Waals surface area (Å²) in [4.78, 5) is 25.2. The number of carbonyl (C=O) groups is 2. The number of hydrogen-bond acceptors (Lipinski definition) is 9. The molecule has 6 unspecified atom stereocenters. The van der Waals surface area contributed by atoms with Crippen molar-refractivity contribution in [1.29, 1.82) is 0 Å². The number of nitrogens with one attached hydrogen (secondary N) is 3. The predicted octanol–water partition coefficient (Wildman–Crippen LogP) is 2.15. The monoisotopic (exact) mass is 557 g/mol. The van der Waals surface area contributed by atoms with Crippen LogP contribution >= 0.6 is 0 Å². The lowest BCUT2D eigenvalue weighted by molar-refractivity contribution is -0.178. The van der Waals surface area contributed by atoms with Crippen LogP contribution in [0.15, 0.2) is 24.3 Å². The maximum Gasteiger partial charge on any atom is 0.308 e. The Bertz CT molecular complexity index is 935. The van der Waals surface area contributed by atoms with E-state index in [0.29, 0.717) is 19.3 Å². The molecule has 1 heterocycles. The highest BCUT2D eigenvalue weighted by Crippen LogP contribution is 2.21. The van der Waals surface area contributed by atoms with E-state index in [4.69, 9.17) is 9.47 Å². The number of rotatable bonds is 9. The van der Waals surface area contributed by atoms with Crippen LogP contribution in [-0.4, -0.2) is 74.8 Å². The average molecular weight is 558 g/mol. The number of Topliss-reactive ketones (excluding diaryl/α,β-unsaturated/α-hetero) is 1. The van der Waals surface area contributed by atoms with Gasteiger partial charge in [-0.05, 0) is 46.6 Å². The topological polar surface area (TPSA) is 143 Å². The molecule has 0 radical (unpaired) electrons. The molecule has 1 aliphatic heterocycles. The molecule has 1 fully saturated rings. The van der Waals surface area contributed by atoms with E-state index in [9.17, 15) is 23.1 Å². The summed E-state index contributed by atoms with van der Waals surface area (Å²) in [6, 6.07) is -0.347. The number of ketones is 1. The summed E-state index contributed by atoms with van der Waals surface area (Å²) in [6.45, 7) is 7.47. The molecule has 11 heteroatoms. The first kappa shape index (κ1) is 32.6. The molecule has 1 aliphatic carbocycles. The number of esters is 1. The third-order valence-corrected chi connectivity index (χ3v) is 8.85. The van der Waals surface area contributed by atoms with E-state index in [-0.39, 0.29) is 42.8 Å². The van der Waals surface area contributed by atoms with Crippen LogP contribution in [0.5, 0.6) is 0 Å². The maximum atomic E-state index is 13.1. The van der Waals surface area contributed by atoms with E-state index in [1.807, 2.05) is 13.8 Å². The number of hydrogen-bond donors (Lipinski definition) is 4. The summed E-state index contributed by atoms with van der Waals surface area (Å²) in [5.74, 6) is -0.750. The molecule has 2 aliphatic rings. The Labute approximate surface area is 228 Å². The van der Waals surface area contributed by atoms with Crippen molar-refractivity contribution in [1.82, 2.24) is 15.4 Å². The zero-order valence-corrected chi connectivity index (χ0v) is 24.3. The molecule has 38 heavy (non-hydrogen) atoms. The minimum atomic E-state index is -3.69. The molecule has 0 bridgehead atoms. The summed E-state index contributed by atoms with van der Waals surface area (Å²) in [5, 5.41) is 15.8. The Morgan fingerprint density at radius 2 is 1.71 bits per heavy atom. The molecule has 0 aromatic carbocycles. The molecule has 0 amide bonds. The molecule has 2 rings (SSSR count). The molecule has 4 N–H and O–H groups in total. The third kappa shape index (κ3) is 10.5. The second-order valence-electron chi connectivity index (χ2n) is 11.1. The SMILES string of the molecule is CNC1C=CC=CC1S(=O)(=O)NCC(C)(C)NC(O)OC1CCCCCC(C)C(=O)OCCCC(C)C1=O. The molecule has 10 nitrogen and oxygen atoms in total. The first-order chi connectivity index (χ1) is 17.9. The summed E-state index contributed by atoms with van der Waals surface area (Å²) < 4.78 is 39.6. The fourth-order valence-electron chi connectivity index (χ4n) is 4.61. The van der Waals surface area contributed by atoms with Gasteiger partial charge in [-0.15, -0.1) is 0 Å². The van der Waals surface area contributed by atoms with Gasteiger partial charge in [0.2, 0.25) is 16.4 Å². The molecular weight excluding hydrogens is 510 g/mol. The predicted molar refractivity (Wildman–Crippen MR) is 147 cm³/mol. The fraction of sp³-hybridized carbons (Fsp3) is 0.778. The second kappa shape index (κ2) is 15.2. The summed E-state index contributed by atoms with van der Waals surface area (Å²) in [5.41, 5.74) is -0.869. The van der Waals surface area contributed by atoms with Crippen molar-refractivity contribution in [3.05, 3.63) is 24.3 Å². The second-order valence-corrected chi connectivity index (χ2v) is 13.0. The van der Waals surface area contributed by atoms with Gasteiger partial charge in [0.1, 0.15) is 11.4 Å². The van der Waals surface area contributed by atoms with Crippen molar-refractivity contribution in [3.63, 3.8) is 0 Å². The van der Waals surface area contributed by atoms with Crippen LogP contribution in [0.3, 0.4) is 0 Å². The van der Waals surface area contributed by atoms with Crippen molar-refractivity contribution < 1.29 is 32.6 Å². The van der Waals surface area contributed by atoms with Gasteiger partial charge in [-0.25, -0.2) is 13.1 Å². The highest BCUT2D eigenvalue weighted by atomic mass is 32.2. The first-order valence-corrected chi connectivity index (χ1v) is 15.2. The molecule has 6 atom stereocenters. The lowest BCUT2D eigenvalue weighted by Gasteiger charge is -2.32. The minimum absolute atomic E-state index is 0.00611. The smallest absolute Gasteiger partial charge is 0.308 e. The molecule has 0 saturated carbocycles. The summed E-state index contributed by atoms with van der Waals surface area (Å²) in [7, 11) is -1.98. The van der Waals surface area contributed by atoms with Crippen LogP contribution in [0.2, 0.25) is 0 Å². The van der Waals surface area contributed by atoms with Crippen molar-refractivity contribution in [2.24, 2.45) is 11.8 Å². The van der Waals surface area contributed by atoms with Gasteiger partial charge in [0.05, 0.1) is 12.5 Å². The quantitative estimate of drug-likeness (QED) is 0.248. The summed E-state index contributed by atoms with van der Waals surface area (Å²) in [6.07, 6.45) is 9.37. The largest absolute Gasteiger partial charge is 0.465 e. The Kier molecular flexibility index (Phi) is 13.1. The number of likely N-dealkylation sites (N-methyl/N-ethyl adjacent to an activating group) is 1. The zero-order chi connectivity index (χ0) is 28.3. The van der Waals surface area contributed by atoms with Crippen LogP contribution in [0.25, 0.3) is 0 Å². The Hall–Kier alpha value is -1.63. The molecule has 218 valence electrons. The average Bonchev–Trinajstić information content (AvgIpc) is 2.87. The van der Waals surface area contributed by atoms with E-state index >= 15 is 0 Å². The van der Waals surface area contributed by atoms with Crippen LogP contribution in [0, 0.1) is 11.8 Å². The highest BCUT2D eigenvalue weighted by molar-refractivity contribution is 7.90. The Morgan fingerprint density at radius 3 is 2.42 bits per heavy atom. The van der Waals surface area contributed by atoms with Gasteiger partial charge in [0.25, 0.3) is 0 Å². The van der Waals surface area contributed by atoms with E-state index in [0.717, 1.165) is 25.7 Å². The van der Waals surface area contributed by atoms with Gasteiger partial charge in [-0.1, -0.05) is 57.4 Å². The van der Waals surface area contributed by atoms with E-state index in [1.165, 1.54) is 0 Å². The summed E-state index contributed by atoms with van der Waals surface area (Å²) >= 11 is 0. The van der Waals surface area contributed by atoms with Gasteiger partial charge >= 0.3 is 5.97 Å². The molecule has 0 spiro atoms. The zero-order valence-electron chi connectivity index (χ0n) is 23.4. The van der Waals surface area contributed by atoms with Crippen LogP contribution in [0.1, 0.15) is 72.6 Å². The standard InChI is InChI=1S/C27H47N3O7S/c1-19-13-11-17-36-25(32)20(2)12-7-6-8-15-22(24(19)31)37-26(33)30-27(3,4)18-29-38(34,35)23-16-10-9-14-21(23)28-5/h9-10,14,16,19-23,26,28-30,33H,6-8,11-13,15,17-18H2,1-5H3. The molecular formula is C27H47N3O7S. The van der Waals surface area contributed by atoms with Gasteiger partial charge < -0.3 is 19.9 Å². The normalized spacial score (nSPS) is 29.5. The molecule has 0 aromatic heterocycles. The number of sulfonamides is 1. The van der Waals surface area contributed by atoms with Gasteiger partial charge in [-0.3, -0.25) is 14.9 Å². The fourth-order valence-corrected chi connectivity index (χ4v) is 6.28. The van der Waals surface area contributed by atoms with E-state index in [2.05, 4.69) is 15.4 Å². The Balaban J connectivity index is 1.96. The van der Waals surface area contributed by atoms with Crippen LogP contribution in [-0.2, 0) is 29.1 Å². The van der Waals surface area contributed by atoms with Crippen molar-refractivity contribution >= 4 is 21.8 Å². The number of allylic oxidation sites excluding steroid dienone is 2. The van der Waals surface area contributed by atoms with Crippen LogP contribution in [0.4, 0.5) is 0 Å². The maximum absolute atomic E-state index is 13.1. The number of ether oxygens (including phenoxy) is 2. The lowest BCUT2D eigenvalue weighted by Crippen LogP contribution is -2.56. The van der Waals surface area contributed by atoms with E-state index in [1.54, 1.807) is 45.2 Å². The van der Waals surface area contributed by atoms with Crippen molar-refractivity contribution in [2.45, 2.75) is 102 Å². The van der Waals surface area contributed by atoms with Gasteiger partial charge in [-0.2, -0.15) is 0 Å². The van der Waals surface area contributed by atoms with E-state index < -0.39 is 33.3 Å². The minimum Gasteiger partial charge on any atom is -0.465 e. The third-order valence-electron chi connectivity index (χ3n) is 7.13. The number of aliphatic hydroxyl groups excluding tert-OH is 1. The number of aliphatic hydroxyl groups is 1. The lowest BCUT2D eigenvalue weighted by atomic mass is 9.93. The van der Waals surface area contributed by atoms with Crippen LogP contribution < -0.4 is 15.4 Å². The van der Waals surface area contributed by atoms with Crippen molar-refractivity contribution in [2.75, 3.05) is 20.2 Å². The first-order valence-electron chi connectivity index (χ1n) is 13.7. The number of cyclic esters (lactones) is 1. The van der Waals surface area contributed by atoms with Gasteiger partial charge in [0, 0.05) is 24.0 Å². The van der Waals surface area contributed by atoms with Crippen molar-refractivity contribution in [3.8, 4) is 0 Å². The molecule has 0 aromatic rings.